The highest BCUT2D eigenvalue weighted by molar-refractivity contribution is 6.33. The Labute approximate surface area is 149 Å². The highest BCUT2D eigenvalue weighted by Gasteiger charge is 2.24. The number of amides is 2. The van der Waals surface area contributed by atoms with Gasteiger partial charge in [0.1, 0.15) is 5.82 Å². The van der Waals surface area contributed by atoms with Crippen LogP contribution in [-0.2, 0) is 4.79 Å². The first kappa shape index (κ1) is 17.4. The molecule has 8 heteroatoms. The number of anilines is 1. The Bertz CT molecular complexity index is 759. The molecule has 0 spiro atoms. The van der Waals surface area contributed by atoms with Crippen LogP contribution in [0.3, 0.4) is 0 Å². The standard InChI is InChI=1S/C17H17ClFN3O3/c18-13-10-12(19)3-4-14(13)20-16(23)11-21-5-7-22(8-6-21)17(24)15-2-1-9-25-15/h1-4,9-10H,5-8,11H2,(H,20,23). The van der Waals surface area contributed by atoms with Crippen molar-refractivity contribution in [3.05, 3.63) is 53.2 Å². The maximum Gasteiger partial charge on any atom is 0.289 e. The SMILES string of the molecule is O=C(CN1CCN(C(=O)c2ccco2)CC1)Nc1ccc(F)cc1Cl. The van der Waals surface area contributed by atoms with Crippen LogP contribution in [0.15, 0.2) is 41.0 Å². The minimum Gasteiger partial charge on any atom is -0.459 e. The molecular formula is C17H17ClFN3O3. The van der Waals surface area contributed by atoms with Gasteiger partial charge >= 0.3 is 0 Å². The van der Waals surface area contributed by atoms with Crippen LogP contribution in [0.2, 0.25) is 5.02 Å². The van der Waals surface area contributed by atoms with Crippen LogP contribution in [0.25, 0.3) is 0 Å². The molecule has 1 aromatic heterocycles. The van der Waals surface area contributed by atoms with Gasteiger partial charge < -0.3 is 14.6 Å². The van der Waals surface area contributed by atoms with Crippen LogP contribution >= 0.6 is 11.6 Å². The fraction of sp³-hybridized carbons (Fsp3) is 0.294. The lowest BCUT2D eigenvalue weighted by molar-refractivity contribution is -0.117. The lowest BCUT2D eigenvalue weighted by Crippen LogP contribution is -2.50. The largest absolute Gasteiger partial charge is 0.459 e. The van der Waals surface area contributed by atoms with Crippen LogP contribution < -0.4 is 5.32 Å². The number of carbonyl (C=O) groups excluding carboxylic acids is 2. The number of nitrogens with zero attached hydrogens (tertiary/aromatic N) is 2. The van der Waals surface area contributed by atoms with Gasteiger partial charge in [-0.05, 0) is 30.3 Å². The molecule has 0 radical (unpaired) electrons. The number of hydrogen-bond acceptors (Lipinski definition) is 4. The number of nitrogens with one attached hydrogen (secondary N) is 1. The first-order chi connectivity index (χ1) is 12.0. The van der Waals surface area contributed by atoms with Crippen LogP contribution in [0.5, 0.6) is 0 Å². The van der Waals surface area contributed by atoms with Crippen LogP contribution in [0.4, 0.5) is 10.1 Å². The third kappa shape index (κ3) is 4.37. The number of carbonyl (C=O) groups is 2. The minimum absolute atomic E-state index is 0.146. The summed E-state index contributed by atoms with van der Waals surface area (Å²) < 4.78 is 18.1. The van der Waals surface area contributed by atoms with Gasteiger partial charge in [-0.25, -0.2) is 4.39 Å². The van der Waals surface area contributed by atoms with E-state index in [-0.39, 0.29) is 23.4 Å². The van der Waals surface area contributed by atoms with Crippen molar-refractivity contribution in [2.75, 3.05) is 38.0 Å². The smallest absolute Gasteiger partial charge is 0.289 e. The predicted molar refractivity (Wildman–Crippen MR) is 91.1 cm³/mol. The van der Waals surface area contributed by atoms with Gasteiger partial charge in [-0.15, -0.1) is 0 Å². The van der Waals surface area contributed by atoms with Gasteiger partial charge in [-0.2, -0.15) is 0 Å². The maximum absolute atomic E-state index is 13.0. The molecule has 1 aliphatic heterocycles. The summed E-state index contributed by atoms with van der Waals surface area (Å²) in [5, 5.41) is 2.82. The molecule has 2 heterocycles. The molecule has 1 aromatic carbocycles. The summed E-state index contributed by atoms with van der Waals surface area (Å²) in [6.07, 6.45) is 1.47. The van der Waals surface area contributed by atoms with E-state index in [1.807, 2.05) is 4.90 Å². The number of hydrogen-bond donors (Lipinski definition) is 1. The molecule has 1 N–H and O–H groups in total. The minimum atomic E-state index is -0.458. The van der Waals surface area contributed by atoms with E-state index >= 15 is 0 Å². The van der Waals surface area contributed by atoms with E-state index in [1.54, 1.807) is 17.0 Å². The van der Waals surface area contributed by atoms with E-state index in [2.05, 4.69) is 5.32 Å². The first-order valence-electron chi connectivity index (χ1n) is 7.83. The number of halogens is 2. The second-order valence-electron chi connectivity index (χ2n) is 5.72. The van der Waals surface area contributed by atoms with E-state index in [9.17, 15) is 14.0 Å². The van der Waals surface area contributed by atoms with Crippen LogP contribution in [-0.4, -0.2) is 54.3 Å². The van der Waals surface area contributed by atoms with Gasteiger partial charge in [0.15, 0.2) is 5.76 Å². The summed E-state index contributed by atoms with van der Waals surface area (Å²) in [5.41, 5.74) is 0.375. The monoisotopic (exact) mass is 365 g/mol. The van der Waals surface area contributed by atoms with Crippen molar-refractivity contribution in [3.63, 3.8) is 0 Å². The zero-order valence-electron chi connectivity index (χ0n) is 13.4. The molecule has 0 bridgehead atoms. The van der Waals surface area contributed by atoms with E-state index in [0.29, 0.717) is 37.6 Å². The molecule has 0 unspecified atom stereocenters. The highest BCUT2D eigenvalue weighted by Crippen LogP contribution is 2.22. The van der Waals surface area contributed by atoms with Gasteiger partial charge in [-0.3, -0.25) is 14.5 Å². The summed E-state index contributed by atoms with van der Waals surface area (Å²) >= 11 is 5.90. The van der Waals surface area contributed by atoms with Gasteiger partial charge in [0, 0.05) is 26.2 Å². The molecule has 132 valence electrons. The summed E-state index contributed by atoms with van der Waals surface area (Å²) in [4.78, 5) is 27.9. The first-order valence-corrected chi connectivity index (χ1v) is 8.21. The topological polar surface area (TPSA) is 65.8 Å². The quantitative estimate of drug-likeness (QED) is 0.904. The van der Waals surface area contributed by atoms with E-state index in [0.717, 1.165) is 6.07 Å². The van der Waals surface area contributed by atoms with E-state index < -0.39 is 5.82 Å². The molecule has 6 nitrogen and oxygen atoms in total. The molecule has 1 fully saturated rings. The van der Waals surface area contributed by atoms with Crippen LogP contribution in [0.1, 0.15) is 10.6 Å². The number of furan rings is 1. The molecule has 0 aliphatic carbocycles. The Balaban J connectivity index is 1.48. The summed E-state index contributed by atoms with van der Waals surface area (Å²) in [5.74, 6) is -0.524. The molecule has 25 heavy (non-hydrogen) atoms. The third-order valence-corrected chi connectivity index (χ3v) is 4.28. The summed E-state index contributed by atoms with van der Waals surface area (Å²) in [7, 11) is 0. The van der Waals surface area contributed by atoms with E-state index in [4.69, 9.17) is 16.0 Å². The number of benzene rings is 1. The number of piperazine rings is 1. The lowest BCUT2D eigenvalue weighted by atomic mass is 10.2. The van der Waals surface area contributed by atoms with Crippen molar-refractivity contribution in [2.45, 2.75) is 0 Å². The molecule has 0 atom stereocenters. The van der Waals surface area contributed by atoms with Crippen molar-refractivity contribution < 1.29 is 18.4 Å². The maximum atomic E-state index is 13.0. The second-order valence-corrected chi connectivity index (χ2v) is 6.13. The predicted octanol–water partition coefficient (Wildman–Crippen LogP) is 2.47. The van der Waals surface area contributed by atoms with Crippen molar-refractivity contribution in [1.29, 1.82) is 0 Å². The van der Waals surface area contributed by atoms with Gasteiger partial charge in [0.25, 0.3) is 5.91 Å². The fourth-order valence-electron chi connectivity index (χ4n) is 2.65. The Morgan fingerprint density at radius 1 is 1.20 bits per heavy atom. The molecule has 3 rings (SSSR count). The van der Waals surface area contributed by atoms with Gasteiger partial charge in [0.2, 0.25) is 5.91 Å². The lowest BCUT2D eigenvalue weighted by Gasteiger charge is -2.33. The zero-order valence-corrected chi connectivity index (χ0v) is 14.1. The van der Waals surface area contributed by atoms with Crippen molar-refractivity contribution in [2.24, 2.45) is 0 Å². The van der Waals surface area contributed by atoms with Crippen LogP contribution in [0, 0.1) is 5.82 Å². The fourth-order valence-corrected chi connectivity index (χ4v) is 2.86. The second kappa shape index (κ2) is 7.67. The number of rotatable bonds is 4. The zero-order chi connectivity index (χ0) is 17.8. The summed E-state index contributed by atoms with van der Waals surface area (Å²) in [6.45, 7) is 2.37. The highest BCUT2D eigenvalue weighted by atomic mass is 35.5. The normalized spacial score (nSPS) is 15.2. The summed E-state index contributed by atoms with van der Waals surface area (Å²) in [6, 6.07) is 7.12. The van der Waals surface area contributed by atoms with Gasteiger partial charge in [-0.1, -0.05) is 11.6 Å². The Morgan fingerprint density at radius 3 is 2.60 bits per heavy atom. The Morgan fingerprint density at radius 2 is 1.96 bits per heavy atom. The molecule has 1 saturated heterocycles. The average molecular weight is 366 g/mol. The molecule has 1 aliphatic rings. The molecular weight excluding hydrogens is 349 g/mol. The third-order valence-electron chi connectivity index (χ3n) is 3.96. The molecule has 0 saturated carbocycles. The molecule has 2 amide bonds. The van der Waals surface area contributed by atoms with Crippen molar-refractivity contribution in [1.82, 2.24) is 9.80 Å². The Hall–Kier alpha value is -2.38. The average Bonchev–Trinajstić information content (AvgIpc) is 3.12. The van der Waals surface area contributed by atoms with Crippen molar-refractivity contribution in [3.8, 4) is 0 Å². The van der Waals surface area contributed by atoms with Gasteiger partial charge in [0.05, 0.1) is 23.5 Å². The molecule has 2 aromatic rings. The van der Waals surface area contributed by atoms with E-state index in [1.165, 1.54) is 18.4 Å². The van der Waals surface area contributed by atoms with Crippen molar-refractivity contribution >= 4 is 29.1 Å². The Kier molecular flexibility index (Phi) is 5.35.